The van der Waals surface area contributed by atoms with Gasteiger partial charge in [0.15, 0.2) is 5.96 Å². The first kappa shape index (κ1) is 22.9. The standard InChI is InChI=1S/C18H37N5O.HI/c1-19-17(20-10-7-15-24-3)21-16-18(8-13-22(2)14-9-18)23-11-5-4-6-12-23;/h4-16H2,1-3H3,(H2,19,20,21);1H. The van der Waals surface area contributed by atoms with Crippen molar-refractivity contribution in [3.8, 4) is 0 Å². The van der Waals surface area contributed by atoms with E-state index in [-0.39, 0.29) is 29.5 Å². The molecule has 0 bridgehead atoms. The fourth-order valence-corrected chi connectivity index (χ4v) is 3.90. The van der Waals surface area contributed by atoms with Gasteiger partial charge in [0.25, 0.3) is 0 Å². The molecule has 2 saturated heterocycles. The van der Waals surface area contributed by atoms with Crippen LogP contribution in [0, 0.1) is 0 Å². The molecule has 0 aliphatic carbocycles. The maximum absolute atomic E-state index is 5.11. The average molecular weight is 467 g/mol. The molecule has 0 unspecified atom stereocenters. The first-order valence-electron chi connectivity index (χ1n) is 9.57. The zero-order valence-electron chi connectivity index (χ0n) is 16.4. The van der Waals surface area contributed by atoms with Crippen LogP contribution in [0.15, 0.2) is 4.99 Å². The second-order valence-electron chi connectivity index (χ2n) is 7.27. The number of ether oxygens (including phenoxy) is 1. The Morgan fingerprint density at radius 1 is 1.08 bits per heavy atom. The van der Waals surface area contributed by atoms with Crippen LogP contribution in [0.1, 0.15) is 38.5 Å². The molecule has 0 spiro atoms. The molecule has 0 atom stereocenters. The molecule has 6 nitrogen and oxygen atoms in total. The fourth-order valence-electron chi connectivity index (χ4n) is 3.90. The summed E-state index contributed by atoms with van der Waals surface area (Å²) in [6.45, 7) is 7.57. The van der Waals surface area contributed by atoms with Gasteiger partial charge in [0.1, 0.15) is 0 Å². The smallest absolute Gasteiger partial charge is 0.191 e. The lowest BCUT2D eigenvalue weighted by Gasteiger charge is -2.50. The Balaban J connectivity index is 0.00000312. The third-order valence-corrected chi connectivity index (χ3v) is 5.57. The van der Waals surface area contributed by atoms with Gasteiger partial charge in [-0.3, -0.25) is 9.89 Å². The van der Waals surface area contributed by atoms with E-state index in [0.717, 1.165) is 32.1 Å². The number of aliphatic imine (C=N–C) groups is 1. The molecule has 7 heteroatoms. The number of likely N-dealkylation sites (tertiary alicyclic amines) is 2. The van der Waals surface area contributed by atoms with E-state index in [4.69, 9.17) is 4.74 Å². The Bertz CT molecular complexity index is 380. The van der Waals surface area contributed by atoms with Crippen LogP contribution in [0.3, 0.4) is 0 Å². The van der Waals surface area contributed by atoms with Crippen LogP contribution in [-0.4, -0.2) is 88.4 Å². The number of guanidine groups is 1. The molecule has 0 amide bonds. The molecule has 2 aliphatic heterocycles. The largest absolute Gasteiger partial charge is 0.385 e. The van der Waals surface area contributed by atoms with Crippen molar-refractivity contribution in [3.05, 3.63) is 0 Å². The molecule has 2 aliphatic rings. The highest BCUT2D eigenvalue weighted by molar-refractivity contribution is 14.0. The van der Waals surface area contributed by atoms with Gasteiger partial charge in [-0.15, -0.1) is 24.0 Å². The summed E-state index contributed by atoms with van der Waals surface area (Å²) in [4.78, 5) is 9.60. The van der Waals surface area contributed by atoms with Crippen LogP contribution in [-0.2, 0) is 4.74 Å². The summed E-state index contributed by atoms with van der Waals surface area (Å²) in [6, 6.07) is 0. The maximum Gasteiger partial charge on any atom is 0.191 e. The number of hydrogen-bond donors (Lipinski definition) is 2. The minimum atomic E-state index is 0. The molecule has 2 rings (SSSR count). The third-order valence-electron chi connectivity index (χ3n) is 5.57. The van der Waals surface area contributed by atoms with Gasteiger partial charge >= 0.3 is 0 Å². The lowest BCUT2D eigenvalue weighted by molar-refractivity contribution is 0.0173. The summed E-state index contributed by atoms with van der Waals surface area (Å²) in [6.07, 6.45) is 7.58. The highest BCUT2D eigenvalue weighted by Gasteiger charge is 2.39. The van der Waals surface area contributed by atoms with E-state index in [1.165, 1.54) is 58.3 Å². The Kier molecular flexibility index (Phi) is 11.3. The van der Waals surface area contributed by atoms with Crippen molar-refractivity contribution in [2.24, 2.45) is 4.99 Å². The van der Waals surface area contributed by atoms with Crippen molar-refractivity contribution in [1.82, 2.24) is 20.4 Å². The Labute approximate surface area is 171 Å². The molecule has 2 N–H and O–H groups in total. The number of rotatable bonds is 7. The summed E-state index contributed by atoms with van der Waals surface area (Å²) in [5.41, 5.74) is 0.289. The topological polar surface area (TPSA) is 52.1 Å². The van der Waals surface area contributed by atoms with Crippen LogP contribution in [0.4, 0.5) is 0 Å². The van der Waals surface area contributed by atoms with E-state index >= 15 is 0 Å². The molecule has 0 aromatic carbocycles. The third kappa shape index (κ3) is 7.19. The summed E-state index contributed by atoms with van der Waals surface area (Å²) >= 11 is 0. The van der Waals surface area contributed by atoms with Gasteiger partial charge in [-0.25, -0.2) is 0 Å². The minimum absolute atomic E-state index is 0. The zero-order chi connectivity index (χ0) is 17.3. The number of nitrogens with one attached hydrogen (secondary N) is 2. The second-order valence-corrected chi connectivity index (χ2v) is 7.27. The van der Waals surface area contributed by atoms with E-state index in [0.29, 0.717) is 0 Å². The van der Waals surface area contributed by atoms with E-state index in [1.807, 2.05) is 7.05 Å². The van der Waals surface area contributed by atoms with E-state index in [9.17, 15) is 0 Å². The van der Waals surface area contributed by atoms with Gasteiger partial charge < -0.3 is 20.3 Å². The zero-order valence-corrected chi connectivity index (χ0v) is 18.7. The highest BCUT2D eigenvalue weighted by Crippen LogP contribution is 2.30. The van der Waals surface area contributed by atoms with Crippen molar-refractivity contribution >= 4 is 29.9 Å². The minimum Gasteiger partial charge on any atom is -0.385 e. The van der Waals surface area contributed by atoms with Gasteiger partial charge in [0, 0.05) is 39.4 Å². The molecule has 25 heavy (non-hydrogen) atoms. The first-order chi connectivity index (χ1) is 11.7. The van der Waals surface area contributed by atoms with E-state index in [2.05, 4.69) is 32.5 Å². The Morgan fingerprint density at radius 2 is 1.76 bits per heavy atom. The van der Waals surface area contributed by atoms with Gasteiger partial charge in [0.2, 0.25) is 0 Å². The Hall–Kier alpha value is -0.120. The van der Waals surface area contributed by atoms with E-state index in [1.54, 1.807) is 7.11 Å². The lowest BCUT2D eigenvalue weighted by atomic mass is 9.84. The van der Waals surface area contributed by atoms with Crippen LogP contribution >= 0.6 is 24.0 Å². The number of hydrogen-bond acceptors (Lipinski definition) is 4. The summed E-state index contributed by atoms with van der Waals surface area (Å²) < 4.78 is 5.11. The molecule has 0 aromatic rings. The van der Waals surface area contributed by atoms with Crippen molar-refractivity contribution in [2.75, 3.05) is 67.1 Å². The summed E-state index contributed by atoms with van der Waals surface area (Å²) in [7, 11) is 5.84. The molecular formula is C18H38IN5O. The first-order valence-corrected chi connectivity index (χ1v) is 9.57. The molecule has 2 heterocycles. The SMILES string of the molecule is CN=C(NCCCOC)NCC1(N2CCCCC2)CCN(C)CC1.I. The monoisotopic (exact) mass is 467 g/mol. The highest BCUT2D eigenvalue weighted by atomic mass is 127. The predicted molar refractivity (Wildman–Crippen MR) is 116 cm³/mol. The van der Waals surface area contributed by atoms with Gasteiger partial charge in [-0.2, -0.15) is 0 Å². The van der Waals surface area contributed by atoms with Crippen LogP contribution in [0.25, 0.3) is 0 Å². The fraction of sp³-hybridized carbons (Fsp3) is 0.944. The molecular weight excluding hydrogens is 429 g/mol. The number of piperidine rings is 2. The Morgan fingerprint density at radius 3 is 2.36 bits per heavy atom. The number of halogens is 1. The molecule has 0 aromatic heterocycles. The van der Waals surface area contributed by atoms with Crippen molar-refractivity contribution in [1.29, 1.82) is 0 Å². The van der Waals surface area contributed by atoms with Gasteiger partial charge in [-0.1, -0.05) is 6.42 Å². The summed E-state index contributed by atoms with van der Waals surface area (Å²) in [5, 5.41) is 7.01. The average Bonchev–Trinajstić information content (AvgIpc) is 2.63. The lowest BCUT2D eigenvalue weighted by Crippen LogP contribution is -2.62. The van der Waals surface area contributed by atoms with Gasteiger partial charge in [0.05, 0.1) is 0 Å². The van der Waals surface area contributed by atoms with E-state index < -0.39 is 0 Å². The van der Waals surface area contributed by atoms with Gasteiger partial charge in [-0.05, 0) is 65.3 Å². The molecule has 0 saturated carbocycles. The van der Waals surface area contributed by atoms with Crippen molar-refractivity contribution < 1.29 is 4.74 Å². The summed E-state index contributed by atoms with van der Waals surface area (Å²) in [5.74, 6) is 0.918. The van der Waals surface area contributed by atoms with Crippen molar-refractivity contribution in [3.63, 3.8) is 0 Å². The maximum atomic E-state index is 5.11. The molecule has 2 fully saturated rings. The normalized spacial score (nSPS) is 22.3. The van der Waals surface area contributed by atoms with Crippen LogP contribution < -0.4 is 10.6 Å². The molecule has 148 valence electrons. The second kappa shape index (κ2) is 12.3. The van der Waals surface area contributed by atoms with Crippen LogP contribution in [0.5, 0.6) is 0 Å². The van der Waals surface area contributed by atoms with Crippen molar-refractivity contribution in [2.45, 2.75) is 44.1 Å². The number of nitrogens with zero attached hydrogens (tertiary/aromatic N) is 3. The number of methoxy groups -OCH3 is 1. The molecule has 0 radical (unpaired) electrons. The van der Waals surface area contributed by atoms with Crippen LogP contribution in [0.2, 0.25) is 0 Å². The predicted octanol–water partition coefficient (Wildman–Crippen LogP) is 1.76. The quantitative estimate of drug-likeness (QED) is 0.259.